The Balaban J connectivity index is 0.00000300. The average molecular weight is 550 g/mol. The lowest BCUT2D eigenvalue weighted by Gasteiger charge is -2.20. The molecule has 3 rings (SSSR count). The summed E-state index contributed by atoms with van der Waals surface area (Å²) in [5.74, 6) is 0.620. The summed E-state index contributed by atoms with van der Waals surface area (Å²) in [6.07, 6.45) is 1.57. The SMILES string of the molecule is CN=C(NCCc1nc(C)c(C)s1)NCCS(=O)(=O)N1CCc2ccccc21.I. The fourth-order valence-electron chi connectivity index (χ4n) is 3.16. The molecule has 0 radical (unpaired) electrons. The number of nitrogens with one attached hydrogen (secondary N) is 2. The van der Waals surface area contributed by atoms with Crippen molar-refractivity contribution in [1.82, 2.24) is 15.6 Å². The van der Waals surface area contributed by atoms with Crippen LogP contribution in [0.1, 0.15) is 21.1 Å². The maximum Gasteiger partial charge on any atom is 0.236 e. The number of guanidine groups is 1. The van der Waals surface area contributed by atoms with E-state index < -0.39 is 10.0 Å². The van der Waals surface area contributed by atoms with E-state index in [9.17, 15) is 8.42 Å². The molecule has 1 aromatic carbocycles. The van der Waals surface area contributed by atoms with Gasteiger partial charge in [-0.05, 0) is 31.9 Å². The Hall–Kier alpha value is -1.40. The molecule has 0 bridgehead atoms. The van der Waals surface area contributed by atoms with Gasteiger partial charge in [0.2, 0.25) is 10.0 Å². The van der Waals surface area contributed by atoms with Crippen LogP contribution < -0.4 is 14.9 Å². The van der Waals surface area contributed by atoms with Crippen molar-refractivity contribution in [2.75, 3.05) is 36.7 Å². The summed E-state index contributed by atoms with van der Waals surface area (Å²) in [4.78, 5) is 9.93. The first kappa shape index (κ1) is 23.9. The second-order valence-electron chi connectivity index (χ2n) is 6.69. The lowest BCUT2D eigenvalue weighted by atomic mass is 10.2. The zero-order chi connectivity index (χ0) is 20.1. The van der Waals surface area contributed by atoms with Gasteiger partial charge in [-0.1, -0.05) is 18.2 Å². The minimum absolute atomic E-state index is 0. The number of para-hydroxylation sites is 1. The molecule has 160 valence electrons. The van der Waals surface area contributed by atoms with Gasteiger partial charge in [-0.2, -0.15) is 0 Å². The molecular weight excluding hydrogens is 521 g/mol. The lowest BCUT2D eigenvalue weighted by Crippen LogP contribution is -2.42. The summed E-state index contributed by atoms with van der Waals surface area (Å²) in [6.45, 7) is 5.60. The number of sulfonamides is 1. The van der Waals surface area contributed by atoms with Crippen LogP contribution in [-0.2, 0) is 22.9 Å². The molecule has 2 heterocycles. The summed E-state index contributed by atoms with van der Waals surface area (Å²) in [7, 11) is -1.68. The maximum atomic E-state index is 12.7. The average Bonchev–Trinajstić information content (AvgIpc) is 3.24. The molecule has 0 aliphatic carbocycles. The monoisotopic (exact) mass is 549 g/mol. The first-order valence-corrected chi connectivity index (χ1v) is 11.8. The number of rotatable bonds is 7. The predicted octanol–water partition coefficient (Wildman–Crippen LogP) is 2.48. The number of nitrogens with zero attached hydrogens (tertiary/aromatic N) is 3. The molecule has 2 N–H and O–H groups in total. The third kappa shape index (κ3) is 6.05. The van der Waals surface area contributed by atoms with Crippen molar-refractivity contribution < 1.29 is 8.42 Å². The van der Waals surface area contributed by atoms with Crippen LogP contribution in [-0.4, -0.2) is 51.8 Å². The molecule has 0 spiro atoms. The first-order valence-electron chi connectivity index (χ1n) is 9.36. The van der Waals surface area contributed by atoms with E-state index in [-0.39, 0.29) is 29.7 Å². The van der Waals surface area contributed by atoms with Gasteiger partial charge in [-0.15, -0.1) is 35.3 Å². The summed E-state index contributed by atoms with van der Waals surface area (Å²) >= 11 is 1.71. The number of fused-ring (bicyclic) bond motifs is 1. The lowest BCUT2D eigenvalue weighted by molar-refractivity contribution is 0.591. The highest BCUT2D eigenvalue weighted by atomic mass is 127. The fraction of sp³-hybridized carbons (Fsp3) is 0.474. The molecule has 1 aliphatic heterocycles. The highest BCUT2D eigenvalue weighted by molar-refractivity contribution is 14.0. The van der Waals surface area contributed by atoms with Crippen LogP contribution in [0.15, 0.2) is 29.3 Å². The number of aryl methyl sites for hydroxylation is 2. The number of halogens is 1. The number of anilines is 1. The Bertz CT molecular complexity index is 940. The molecular formula is C19H28IN5O2S2. The van der Waals surface area contributed by atoms with E-state index in [0.29, 0.717) is 25.6 Å². The maximum absolute atomic E-state index is 12.7. The van der Waals surface area contributed by atoms with Gasteiger partial charge in [0.15, 0.2) is 5.96 Å². The molecule has 10 heteroatoms. The summed E-state index contributed by atoms with van der Waals surface area (Å²) in [6, 6.07) is 7.68. The van der Waals surface area contributed by atoms with Gasteiger partial charge in [0.1, 0.15) is 0 Å². The zero-order valence-corrected chi connectivity index (χ0v) is 20.9. The highest BCUT2D eigenvalue weighted by Crippen LogP contribution is 2.29. The Morgan fingerprint density at radius 2 is 1.97 bits per heavy atom. The number of aromatic nitrogens is 1. The number of hydrogen-bond acceptors (Lipinski definition) is 5. The van der Waals surface area contributed by atoms with E-state index >= 15 is 0 Å². The zero-order valence-electron chi connectivity index (χ0n) is 16.9. The summed E-state index contributed by atoms with van der Waals surface area (Å²) in [5, 5.41) is 7.40. The van der Waals surface area contributed by atoms with Gasteiger partial charge in [-0.3, -0.25) is 9.30 Å². The third-order valence-electron chi connectivity index (χ3n) is 4.76. The molecule has 1 aliphatic rings. The fourth-order valence-corrected chi connectivity index (χ4v) is 5.52. The Morgan fingerprint density at radius 3 is 2.66 bits per heavy atom. The van der Waals surface area contributed by atoms with Crippen LogP contribution in [0.25, 0.3) is 0 Å². The van der Waals surface area contributed by atoms with E-state index in [4.69, 9.17) is 0 Å². The van der Waals surface area contributed by atoms with Crippen molar-refractivity contribution in [3.05, 3.63) is 45.4 Å². The van der Waals surface area contributed by atoms with Gasteiger partial charge in [-0.25, -0.2) is 13.4 Å². The first-order chi connectivity index (χ1) is 13.4. The van der Waals surface area contributed by atoms with Gasteiger partial charge in [0, 0.05) is 38.0 Å². The van der Waals surface area contributed by atoms with E-state index in [0.717, 1.165) is 34.8 Å². The Labute approximate surface area is 194 Å². The van der Waals surface area contributed by atoms with Gasteiger partial charge in [0.25, 0.3) is 0 Å². The van der Waals surface area contributed by atoms with Crippen LogP contribution >= 0.6 is 35.3 Å². The van der Waals surface area contributed by atoms with Crippen molar-refractivity contribution in [2.45, 2.75) is 26.7 Å². The van der Waals surface area contributed by atoms with Crippen LogP contribution in [0, 0.1) is 13.8 Å². The smallest absolute Gasteiger partial charge is 0.236 e. The molecule has 1 aromatic heterocycles. The minimum atomic E-state index is -3.36. The normalized spacial score (nSPS) is 13.8. The molecule has 2 aromatic rings. The molecule has 0 fully saturated rings. The van der Waals surface area contributed by atoms with Gasteiger partial charge in [0.05, 0.1) is 22.1 Å². The largest absolute Gasteiger partial charge is 0.356 e. The molecule has 7 nitrogen and oxygen atoms in total. The van der Waals surface area contributed by atoms with Crippen molar-refractivity contribution in [1.29, 1.82) is 0 Å². The Morgan fingerprint density at radius 1 is 1.24 bits per heavy atom. The second kappa shape index (κ2) is 10.6. The van der Waals surface area contributed by atoms with Crippen molar-refractivity contribution in [2.24, 2.45) is 4.99 Å². The number of benzene rings is 1. The number of aliphatic imine (C=N–C) groups is 1. The van der Waals surface area contributed by atoms with E-state index in [1.165, 1.54) is 9.18 Å². The molecule has 0 amide bonds. The summed E-state index contributed by atoms with van der Waals surface area (Å²) < 4.78 is 27.0. The topological polar surface area (TPSA) is 86.7 Å². The van der Waals surface area contributed by atoms with E-state index in [1.54, 1.807) is 18.4 Å². The van der Waals surface area contributed by atoms with Crippen molar-refractivity contribution in [3.63, 3.8) is 0 Å². The van der Waals surface area contributed by atoms with Crippen molar-refractivity contribution in [3.8, 4) is 0 Å². The Kier molecular flexibility index (Phi) is 8.71. The highest BCUT2D eigenvalue weighted by Gasteiger charge is 2.28. The number of hydrogen-bond donors (Lipinski definition) is 2. The van der Waals surface area contributed by atoms with Gasteiger partial charge >= 0.3 is 0 Å². The van der Waals surface area contributed by atoms with E-state index in [2.05, 4.69) is 27.5 Å². The summed E-state index contributed by atoms with van der Waals surface area (Å²) in [5.41, 5.74) is 2.97. The second-order valence-corrected chi connectivity index (χ2v) is 9.99. The minimum Gasteiger partial charge on any atom is -0.356 e. The predicted molar refractivity (Wildman–Crippen MR) is 131 cm³/mol. The molecule has 0 saturated heterocycles. The van der Waals surface area contributed by atoms with Gasteiger partial charge < -0.3 is 10.6 Å². The standard InChI is InChI=1S/C19H27N5O2S2.HI/c1-14-15(2)27-18(23-14)8-10-21-19(20-3)22-11-13-28(25,26)24-12-9-16-6-4-5-7-17(16)24;/h4-7H,8-13H2,1-3H3,(H2,20,21,22);1H. The van der Waals surface area contributed by atoms with E-state index in [1.807, 2.05) is 31.2 Å². The molecule has 0 unspecified atom stereocenters. The van der Waals surface area contributed by atoms with Crippen molar-refractivity contribution >= 4 is 57.0 Å². The van der Waals surface area contributed by atoms with Crippen LogP contribution in [0.2, 0.25) is 0 Å². The van der Waals surface area contributed by atoms with Crippen LogP contribution in [0.4, 0.5) is 5.69 Å². The molecule has 29 heavy (non-hydrogen) atoms. The van der Waals surface area contributed by atoms with Crippen LogP contribution in [0.3, 0.4) is 0 Å². The van der Waals surface area contributed by atoms with Crippen LogP contribution in [0.5, 0.6) is 0 Å². The number of thiazole rings is 1. The third-order valence-corrected chi connectivity index (χ3v) is 7.66. The molecule has 0 atom stereocenters. The quantitative estimate of drug-likeness (QED) is 0.315. The molecule has 0 saturated carbocycles.